The molecule has 0 amide bonds. The van der Waals surface area contributed by atoms with Gasteiger partial charge in [0.15, 0.2) is 0 Å². The van der Waals surface area contributed by atoms with Gasteiger partial charge in [-0.2, -0.15) is 5.10 Å². The normalized spacial score (nSPS) is 26.3. The second-order valence-corrected chi connectivity index (χ2v) is 6.87. The number of ether oxygens (including phenoxy) is 2. The van der Waals surface area contributed by atoms with Crippen molar-refractivity contribution in [3.63, 3.8) is 0 Å². The van der Waals surface area contributed by atoms with Crippen LogP contribution in [0, 0.1) is 0 Å². The maximum Gasteiger partial charge on any atom is 0.0940 e. The van der Waals surface area contributed by atoms with Crippen LogP contribution in [-0.4, -0.2) is 41.2 Å². The summed E-state index contributed by atoms with van der Waals surface area (Å²) in [7, 11) is 0. The van der Waals surface area contributed by atoms with Gasteiger partial charge in [-0.25, -0.2) is 0 Å². The van der Waals surface area contributed by atoms with Gasteiger partial charge < -0.3 is 14.8 Å². The van der Waals surface area contributed by atoms with E-state index in [1.54, 1.807) is 0 Å². The van der Waals surface area contributed by atoms with Crippen LogP contribution in [0.5, 0.6) is 0 Å². The van der Waals surface area contributed by atoms with Gasteiger partial charge in [0.1, 0.15) is 0 Å². The fraction of sp³-hybridized carbons (Fsp3) is 0.812. The zero-order valence-electron chi connectivity index (χ0n) is 13.2. The quantitative estimate of drug-likeness (QED) is 0.905. The van der Waals surface area contributed by atoms with Crippen molar-refractivity contribution >= 4 is 0 Å². The molecule has 1 atom stereocenters. The average molecular weight is 293 g/mol. The molecule has 1 aliphatic heterocycles. The Morgan fingerprint density at radius 3 is 3.00 bits per heavy atom. The highest BCUT2D eigenvalue weighted by Gasteiger charge is 2.28. The molecule has 1 saturated carbocycles. The van der Waals surface area contributed by atoms with Crippen LogP contribution < -0.4 is 5.32 Å². The number of nitrogens with one attached hydrogen (secondary N) is 1. The molecule has 0 spiro atoms. The van der Waals surface area contributed by atoms with E-state index < -0.39 is 0 Å². The van der Waals surface area contributed by atoms with Crippen LogP contribution in [0.15, 0.2) is 12.3 Å². The summed E-state index contributed by atoms with van der Waals surface area (Å²) in [5, 5.41) is 8.03. The third-order valence-corrected chi connectivity index (χ3v) is 4.32. The van der Waals surface area contributed by atoms with E-state index in [2.05, 4.69) is 41.2 Å². The average Bonchev–Trinajstić information content (AvgIpc) is 3.08. The molecule has 0 radical (unpaired) electrons. The Morgan fingerprint density at radius 1 is 1.43 bits per heavy atom. The van der Waals surface area contributed by atoms with Gasteiger partial charge in [0, 0.05) is 19.3 Å². The maximum absolute atomic E-state index is 5.99. The first-order valence-corrected chi connectivity index (χ1v) is 8.13. The van der Waals surface area contributed by atoms with E-state index in [0.717, 1.165) is 18.8 Å². The van der Waals surface area contributed by atoms with E-state index in [-0.39, 0.29) is 11.7 Å². The molecule has 5 nitrogen and oxygen atoms in total. The van der Waals surface area contributed by atoms with Crippen molar-refractivity contribution < 1.29 is 9.47 Å². The smallest absolute Gasteiger partial charge is 0.0940 e. The standard InChI is InChI=1S/C16H27N3O2/c1-16(2)12-17-9-15(21-16)11-20-10-13-7-8-19(18-13)14-5-3-4-6-14/h7-8,14-15,17H,3-6,9-12H2,1-2H3. The highest BCUT2D eigenvalue weighted by Crippen LogP contribution is 2.28. The predicted octanol–water partition coefficient (Wildman–Crippen LogP) is 2.28. The van der Waals surface area contributed by atoms with Crippen molar-refractivity contribution in [2.45, 2.75) is 63.9 Å². The van der Waals surface area contributed by atoms with Gasteiger partial charge in [0.2, 0.25) is 0 Å². The van der Waals surface area contributed by atoms with Gasteiger partial charge in [0.05, 0.1) is 36.7 Å². The lowest BCUT2D eigenvalue weighted by Crippen LogP contribution is -2.51. The lowest BCUT2D eigenvalue weighted by Gasteiger charge is -2.36. The largest absolute Gasteiger partial charge is 0.372 e. The van der Waals surface area contributed by atoms with Crippen molar-refractivity contribution in [1.29, 1.82) is 0 Å². The van der Waals surface area contributed by atoms with Crippen LogP contribution in [0.3, 0.4) is 0 Å². The van der Waals surface area contributed by atoms with E-state index in [1.807, 2.05) is 0 Å². The summed E-state index contributed by atoms with van der Waals surface area (Å²) in [6.45, 7) is 7.16. The van der Waals surface area contributed by atoms with E-state index >= 15 is 0 Å². The van der Waals surface area contributed by atoms with Gasteiger partial charge in [-0.3, -0.25) is 4.68 Å². The Morgan fingerprint density at radius 2 is 2.24 bits per heavy atom. The molecule has 1 N–H and O–H groups in total. The molecule has 21 heavy (non-hydrogen) atoms. The monoisotopic (exact) mass is 293 g/mol. The maximum atomic E-state index is 5.99. The minimum atomic E-state index is -0.101. The SMILES string of the molecule is CC1(C)CNCC(COCc2ccn(C3CCCC3)n2)O1. The Kier molecular flexibility index (Phi) is 4.62. The summed E-state index contributed by atoms with van der Waals surface area (Å²) in [6, 6.07) is 2.67. The van der Waals surface area contributed by atoms with Gasteiger partial charge in [0.25, 0.3) is 0 Å². The van der Waals surface area contributed by atoms with Crippen LogP contribution >= 0.6 is 0 Å². The molecule has 1 unspecified atom stereocenters. The minimum absolute atomic E-state index is 0.101. The van der Waals surface area contributed by atoms with Crippen molar-refractivity contribution in [2.75, 3.05) is 19.7 Å². The number of hydrogen-bond acceptors (Lipinski definition) is 4. The number of nitrogens with zero attached hydrogens (tertiary/aromatic N) is 2. The minimum Gasteiger partial charge on any atom is -0.372 e. The van der Waals surface area contributed by atoms with Crippen LogP contribution in [-0.2, 0) is 16.1 Å². The summed E-state index contributed by atoms with van der Waals surface area (Å²) < 4.78 is 13.9. The molecular formula is C16H27N3O2. The van der Waals surface area contributed by atoms with Crippen LogP contribution in [0.1, 0.15) is 51.3 Å². The van der Waals surface area contributed by atoms with Gasteiger partial charge >= 0.3 is 0 Å². The Hall–Kier alpha value is -0.910. The topological polar surface area (TPSA) is 48.3 Å². The first kappa shape index (κ1) is 15.0. The molecule has 1 saturated heterocycles. The van der Waals surface area contributed by atoms with E-state index in [1.165, 1.54) is 25.7 Å². The predicted molar refractivity (Wildman–Crippen MR) is 81.2 cm³/mol. The number of rotatable bonds is 5. The molecule has 0 bridgehead atoms. The molecule has 3 rings (SSSR count). The second kappa shape index (κ2) is 6.46. The number of aromatic nitrogens is 2. The summed E-state index contributed by atoms with van der Waals surface area (Å²) in [4.78, 5) is 0. The second-order valence-electron chi connectivity index (χ2n) is 6.87. The Bertz CT molecular complexity index is 452. The molecule has 1 aromatic rings. The van der Waals surface area contributed by atoms with Gasteiger partial charge in [-0.1, -0.05) is 12.8 Å². The molecule has 0 aromatic carbocycles. The van der Waals surface area contributed by atoms with Gasteiger partial charge in [-0.15, -0.1) is 0 Å². The molecule has 2 heterocycles. The van der Waals surface area contributed by atoms with Crippen molar-refractivity contribution in [1.82, 2.24) is 15.1 Å². The fourth-order valence-corrected chi connectivity index (χ4v) is 3.28. The molecule has 2 fully saturated rings. The zero-order chi connectivity index (χ0) is 14.7. The third-order valence-electron chi connectivity index (χ3n) is 4.32. The summed E-state index contributed by atoms with van der Waals surface area (Å²) in [5.74, 6) is 0. The third kappa shape index (κ3) is 4.05. The summed E-state index contributed by atoms with van der Waals surface area (Å²) >= 11 is 0. The molecule has 5 heteroatoms. The lowest BCUT2D eigenvalue weighted by atomic mass is 10.1. The summed E-state index contributed by atoms with van der Waals surface area (Å²) in [6.07, 6.45) is 7.41. The Labute approximate surface area is 127 Å². The zero-order valence-corrected chi connectivity index (χ0v) is 13.2. The number of hydrogen-bond donors (Lipinski definition) is 1. The molecular weight excluding hydrogens is 266 g/mol. The fourth-order valence-electron chi connectivity index (χ4n) is 3.28. The molecule has 2 aliphatic rings. The molecule has 1 aliphatic carbocycles. The van der Waals surface area contributed by atoms with E-state index in [4.69, 9.17) is 9.47 Å². The highest BCUT2D eigenvalue weighted by molar-refractivity contribution is 4.98. The van der Waals surface area contributed by atoms with Crippen molar-refractivity contribution in [3.05, 3.63) is 18.0 Å². The van der Waals surface area contributed by atoms with Crippen molar-refractivity contribution in [2.24, 2.45) is 0 Å². The first-order chi connectivity index (χ1) is 10.1. The van der Waals surface area contributed by atoms with E-state index in [0.29, 0.717) is 19.3 Å². The van der Waals surface area contributed by atoms with Crippen LogP contribution in [0.2, 0.25) is 0 Å². The van der Waals surface area contributed by atoms with Gasteiger partial charge in [-0.05, 0) is 32.8 Å². The molecule has 118 valence electrons. The van der Waals surface area contributed by atoms with Crippen molar-refractivity contribution in [3.8, 4) is 0 Å². The molecule has 1 aromatic heterocycles. The number of morpholine rings is 1. The van der Waals surface area contributed by atoms with Crippen LogP contribution in [0.4, 0.5) is 0 Å². The summed E-state index contributed by atoms with van der Waals surface area (Å²) in [5.41, 5.74) is 0.918. The highest BCUT2D eigenvalue weighted by atomic mass is 16.5. The lowest BCUT2D eigenvalue weighted by molar-refractivity contribution is -0.122. The van der Waals surface area contributed by atoms with Crippen LogP contribution in [0.25, 0.3) is 0 Å². The van der Waals surface area contributed by atoms with E-state index in [9.17, 15) is 0 Å². The Balaban J connectivity index is 1.43. The first-order valence-electron chi connectivity index (χ1n) is 8.13.